The number of hydrogen-bond donors (Lipinski definition) is 0. The van der Waals surface area contributed by atoms with E-state index in [-0.39, 0.29) is 24.3 Å². The first-order valence-electron chi connectivity index (χ1n) is 5.65. The van der Waals surface area contributed by atoms with Crippen LogP contribution in [-0.2, 0) is 4.79 Å². The molecule has 94 valence electrons. The molecular weight excluding hydrogens is 230 g/mol. The molecule has 18 heavy (non-hydrogen) atoms. The second-order valence-electron chi connectivity index (χ2n) is 3.89. The molecular formula is C14H15NO3. The highest BCUT2D eigenvalue weighted by Gasteiger charge is 2.09. The summed E-state index contributed by atoms with van der Waals surface area (Å²) in [5.41, 5.74) is 1.03. The molecule has 0 aliphatic heterocycles. The summed E-state index contributed by atoms with van der Waals surface area (Å²) < 4.78 is 0. The maximum Gasteiger partial charge on any atom is 0.246 e. The predicted octanol–water partition coefficient (Wildman–Crippen LogP) is 3.23. The Kier molecular flexibility index (Phi) is 5.51. The van der Waals surface area contributed by atoms with Crippen molar-refractivity contribution in [2.75, 3.05) is 0 Å². The van der Waals surface area contributed by atoms with Crippen LogP contribution in [0.25, 0.3) is 6.08 Å². The molecule has 0 spiro atoms. The summed E-state index contributed by atoms with van der Waals surface area (Å²) in [6.45, 7) is 1.43. The van der Waals surface area contributed by atoms with Crippen molar-refractivity contribution in [3.8, 4) is 0 Å². The lowest BCUT2D eigenvalue weighted by Crippen LogP contribution is -2.01. The minimum Gasteiger partial charge on any atom is -0.300 e. The lowest BCUT2D eigenvalue weighted by molar-refractivity contribution is -0.427. The van der Waals surface area contributed by atoms with Gasteiger partial charge in [0.25, 0.3) is 0 Å². The summed E-state index contributed by atoms with van der Waals surface area (Å²) in [5.74, 6) is -0.0465. The van der Waals surface area contributed by atoms with E-state index in [4.69, 9.17) is 0 Å². The normalized spacial score (nSPS) is 11.7. The number of Topliss-reactive ketones (excluding diaryl/α,β-unsaturated/α-hetero) is 1. The molecule has 0 N–H and O–H groups in total. The van der Waals surface area contributed by atoms with Crippen molar-refractivity contribution >= 4 is 11.9 Å². The number of carbonyl (C=O) groups is 1. The average molecular weight is 245 g/mol. The quantitative estimate of drug-likeness (QED) is 0.439. The Morgan fingerprint density at radius 3 is 2.50 bits per heavy atom. The molecule has 4 nitrogen and oxygen atoms in total. The number of rotatable bonds is 6. The minimum atomic E-state index is -0.446. The molecule has 4 heteroatoms. The maximum absolute atomic E-state index is 10.8. The highest BCUT2D eigenvalue weighted by atomic mass is 16.6. The summed E-state index contributed by atoms with van der Waals surface area (Å²) in [6.07, 6.45) is 5.23. The highest BCUT2D eigenvalue weighted by molar-refractivity contribution is 5.75. The third-order valence-electron chi connectivity index (χ3n) is 2.34. The monoisotopic (exact) mass is 245 g/mol. The number of nitrogens with zero attached hydrogens (tertiary/aromatic N) is 1. The van der Waals surface area contributed by atoms with Gasteiger partial charge < -0.3 is 4.79 Å². The SMILES string of the molecule is CC(=O)CC/C(=C\C=C\c1ccccc1)[N+](=O)[O-]. The van der Waals surface area contributed by atoms with Crippen LogP contribution in [0, 0.1) is 10.1 Å². The smallest absolute Gasteiger partial charge is 0.246 e. The Bertz CT molecular complexity index is 475. The summed E-state index contributed by atoms with van der Waals surface area (Å²) >= 11 is 0. The second-order valence-corrected chi connectivity index (χ2v) is 3.89. The van der Waals surface area contributed by atoms with Crippen molar-refractivity contribution in [3.63, 3.8) is 0 Å². The van der Waals surface area contributed by atoms with E-state index in [0.717, 1.165) is 5.56 Å². The summed E-state index contributed by atoms with van der Waals surface area (Å²) in [5, 5.41) is 10.7. The fraction of sp³-hybridized carbons (Fsp3) is 0.214. The fourth-order valence-corrected chi connectivity index (χ4v) is 1.37. The number of ketones is 1. The summed E-state index contributed by atoms with van der Waals surface area (Å²) in [7, 11) is 0. The molecule has 0 atom stereocenters. The van der Waals surface area contributed by atoms with Crippen molar-refractivity contribution in [3.05, 3.63) is 63.9 Å². The van der Waals surface area contributed by atoms with Gasteiger partial charge in [-0.25, -0.2) is 0 Å². The summed E-state index contributed by atoms with van der Waals surface area (Å²) in [4.78, 5) is 21.1. The maximum atomic E-state index is 10.8. The number of hydrogen-bond acceptors (Lipinski definition) is 3. The van der Waals surface area contributed by atoms with E-state index in [0.29, 0.717) is 0 Å². The van der Waals surface area contributed by atoms with Crippen LogP contribution in [0.5, 0.6) is 0 Å². The molecule has 0 fully saturated rings. The fourth-order valence-electron chi connectivity index (χ4n) is 1.37. The van der Waals surface area contributed by atoms with Crippen molar-refractivity contribution in [2.45, 2.75) is 19.8 Å². The first-order valence-corrected chi connectivity index (χ1v) is 5.65. The standard InChI is InChI=1S/C14H15NO3/c1-12(16)10-11-14(15(17)18)9-5-8-13-6-3-2-4-7-13/h2-9H,10-11H2,1H3/b8-5+,14-9+. The van der Waals surface area contributed by atoms with Crippen LogP contribution in [-0.4, -0.2) is 10.7 Å². The molecule has 0 aliphatic carbocycles. The second kappa shape index (κ2) is 7.17. The van der Waals surface area contributed by atoms with E-state index in [1.165, 1.54) is 13.0 Å². The number of benzene rings is 1. The molecule has 1 rings (SSSR count). The van der Waals surface area contributed by atoms with Crippen molar-refractivity contribution in [1.29, 1.82) is 0 Å². The first-order chi connectivity index (χ1) is 8.59. The first kappa shape index (κ1) is 13.8. The zero-order valence-electron chi connectivity index (χ0n) is 10.2. The van der Waals surface area contributed by atoms with Crippen LogP contribution < -0.4 is 0 Å². The summed E-state index contributed by atoms with van der Waals surface area (Å²) in [6, 6.07) is 9.51. The van der Waals surface area contributed by atoms with Gasteiger partial charge in [-0.15, -0.1) is 0 Å². The van der Waals surface area contributed by atoms with Crippen molar-refractivity contribution in [2.24, 2.45) is 0 Å². The molecule has 0 amide bonds. The largest absolute Gasteiger partial charge is 0.300 e. The van der Waals surface area contributed by atoms with Gasteiger partial charge in [0.1, 0.15) is 5.78 Å². The van der Waals surface area contributed by atoms with Crippen LogP contribution in [0.4, 0.5) is 0 Å². The number of carbonyl (C=O) groups excluding carboxylic acids is 1. The van der Waals surface area contributed by atoms with Crippen LogP contribution >= 0.6 is 0 Å². The molecule has 0 saturated heterocycles. The van der Waals surface area contributed by atoms with Crippen LogP contribution in [0.2, 0.25) is 0 Å². The van der Waals surface area contributed by atoms with E-state index in [1.54, 1.807) is 12.2 Å². The predicted molar refractivity (Wildman–Crippen MR) is 70.5 cm³/mol. The lowest BCUT2D eigenvalue weighted by atomic mass is 10.1. The molecule has 0 unspecified atom stereocenters. The molecule has 0 bridgehead atoms. The lowest BCUT2D eigenvalue weighted by Gasteiger charge is -1.95. The van der Waals surface area contributed by atoms with Gasteiger partial charge in [0.05, 0.1) is 4.92 Å². The zero-order chi connectivity index (χ0) is 13.4. The van der Waals surface area contributed by atoms with Gasteiger partial charge in [-0.2, -0.15) is 0 Å². The zero-order valence-corrected chi connectivity index (χ0v) is 10.2. The third kappa shape index (κ3) is 5.21. The highest BCUT2D eigenvalue weighted by Crippen LogP contribution is 2.08. The van der Waals surface area contributed by atoms with E-state index >= 15 is 0 Å². The molecule has 0 saturated carbocycles. The van der Waals surface area contributed by atoms with Gasteiger partial charge in [-0.1, -0.05) is 42.5 Å². The van der Waals surface area contributed by atoms with Crippen molar-refractivity contribution < 1.29 is 9.72 Å². The van der Waals surface area contributed by atoms with Gasteiger partial charge >= 0.3 is 0 Å². The Morgan fingerprint density at radius 2 is 1.94 bits per heavy atom. The van der Waals surface area contributed by atoms with Gasteiger partial charge in [-0.3, -0.25) is 10.1 Å². The van der Waals surface area contributed by atoms with Gasteiger partial charge in [-0.05, 0) is 12.5 Å². The van der Waals surface area contributed by atoms with Crippen LogP contribution in [0.3, 0.4) is 0 Å². The van der Waals surface area contributed by atoms with E-state index < -0.39 is 4.92 Å². The van der Waals surface area contributed by atoms with E-state index in [1.807, 2.05) is 30.3 Å². The molecule has 1 aromatic carbocycles. The molecule has 1 aromatic rings. The molecule has 0 radical (unpaired) electrons. The van der Waals surface area contributed by atoms with Crippen LogP contribution in [0.1, 0.15) is 25.3 Å². The van der Waals surface area contributed by atoms with E-state index in [2.05, 4.69) is 0 Å². The Balaban J connectivity index is 2.68. The molecule has 0 heterocycles. The van der Waals surface area contributed by atoms with Crippen molar-refractivity contribution in [1.82, 2.24) is 0 Å². The van der Waals surface area contributed by atoms with Gasteiger partial charge in [0, 0.05) is 18.9 Å². The Labute approximate surface area is 106 Å². The molecule has 0 aromatic heterocycles. The van der Waals surface area contributed by atoms with Crippen LogP contribution in [0.15, 0.2) is 48.2 Å². The molecule has 0 aliphatic rings. The Morgan fingerprint density at radius 1 is 1.28 bits per heavy atom. The average Bonchev–Trinajstić information content (AvgIpc) is 2.34. The third-order valence-corrected chi connectivity index (χ3v) is 2.34. The van der Waals surface area contributed by atoms with E-state index in [9.17, 15) is 14.9 Å². The Hall–Kier alpha value is -2.23. The number of allylic oxidation sites excluding steroid dienone is 3. The topological polar surface area (TPSA) is 60.2 Å². The minimum absolute atomic E-state index is 0.0465. The van der Waals surface area contributed by atoms with Gasteiger partial charge in [0.15, 0.2) is 0 Å². The number of nitro groups is 1. The van der Waals surface area contributed by atoms with Gasteiger partial charge in [0.2, 0.25) is 5.70 Å².